The lowest BCUT2D eigenvalue weighted by atomic mass is 9.81. The van der Waals surface area contributed by atoms with Crippen molar-refractivity contribution >= 4 is 28.9 Å². The van der Waals surface area contributed by atoms with E-state index in [1.807, 2.05) is 39.1 Å². The number of carbonyl (C=O) groups is 1. The Morgan fingerprint density at radius 1 is 1.29 bits per heavy atom. The number of benzene rings is 1. The van der Waals surface area contributed by atoms with E-state index in [0.29, 0.717) is 24.9 Å². The van der Waals surface area contributed by atoms with Crippen molar-refractivity contribution in [1.29, 1.82) is 0 Å². The van der Waals surface area contributed by atoms with E-state index in [4.69, 9.17) is 25.4 Å². The van der Waals surface area contributed by atoms with Crippen LogP contribution < -0.4 is 5.73 Å². The Hall–Kier alpha value is -3.00. The average Bonchev–Trinajstić information content (AvgIpc) is 3.58. The molecule has 8 heteroatoms. The second kappa shape index (κ2) is 9.22. The molecule has 186 valence electrons. The second-order valence-corrected chi connectivity index (χ2v) is 11.1. The minimum absolute atomic E-state index is 0.206. The number of fused-ring (bicyclic) bond motifs is 1. The lowest BCUT2D eigenvalue weighted by Crippen LogP contribution is -2.50. The zero-order valence-electron chi connectivity index (χ0n) is 20.8. The Morgan fingerprint density at radius 3 is 2.69 bits per heavy atom. The number of rotatable bonds is 6. The zero-order valence-corrected chi connectivity index (χ0v) is 20.8. The highest BCUT2D eigenvalue weighted by molar-refractivity contribution is 6.10. The molecule has 1 aliphatic heterocycles. The molecule has 35 heavy (non-hydrogen) atoms. The third-order valence-corrected chi connectivity index (χ3v) is 7.06. The van der Waals surface area contributed by atoms with Crippen molar-refractivity contribution in [1.82, 2.24) is 14.9 Å². The maximum atomic E-state index is 12.3. The Morgan fingerprint density at radius 2 is 2.03 bits per heavy atom. The van der Waals surface area contributed by atoms with Crippen LogP contribution in [0.3, 0.4) is 0 Å². The number of aliphatic hydroxyl groups excluding tert-OH is 1. The number of hydrogen-bond donors (Lipinski definition) is 2. The third-order valence-electron chi connectivity index (χ3n) is 7.06. The summed E-state index contributed by atoms with van der Waals surface area (Å²) in [6.45, 7) is 7.08. The van der Waals surface area contributed by atoms with E-state index in [1.54, 1.807) is 11.1 Å². The predicted molar refractivity (Wildman–Crippen MR) is 136 cm³/mol. The zero-order chi connectivity index (χ0) is 24.7. The third kappa shape index (κ3) is 5.17. The van der Waals surface area contributed by atoms with Crippen LogP contribution in [0.15, 0.2) is 35.1 Å². The molecule has 3 N–H and O–H groups in total. The van der Waals surface area contributed by atoms with E-state index >= 15 is 0 Å². The summed E-state index contributed by atoms with van der Waals surface area (Å²) in [6, 6.07) is 6.27. The lowest BCUT2D eigenvalue weighted by molar-refractivity contribution is 0.00828. The van der Waals surface area contributed by atoms with E-state index in [-0.39, 0.29) is 24.7 Å². The highest BCUT2D eigenvalue weighted by Crippen LogP contribution is 2.38. The first-order valence-electron chi connectivity index (χ1n) is 12.6. The fourth-order valence-corrected chi connectivity index (χ4v) is 4.73. The molecule has 0 spiro atoms. The standard InChI is InChI=1S/C27H35N5O3/c1-27(2,3)35-26(34)32-13-18(14-32)20-5-4-6-22-25(20)30-12-23(31-22)21(24(28)17-7-8-17)11-29-19-9-16(10-19)15-33/h4-6,11-12,16-19,33H,7-10,13-15,28H2,1-3H3. The van der Waals surface area contributed by atoms with Gasteiger partial charge in [-0.15, -0.1) is 0 Å². The molecule has 0 bridgehead atoms. The number of ether oxygens (including phenoxy) is 1. The topological polar surface area (TPSA) is 114 Å². The predicted octanol–water partition coefficient (Wildman–Crippen LogP) is 3.89. The molecule has 3 aliphatic rings. The molecule has 1 aromatic carbocycles. The normalized spacial score (nSPS) is 23.7. The molecule has 0 atom stereocenters. The van der Waals surface area contributed by atoms with Gasteiger partial charge in [0.2, 0.25) is 0 Å². The highest BCUT2D eigenvalue weighted by Gasteiger charge is 2.36. The van der Waals surface area contributed by atoms with Gasteiger partial charge in [-0.25, -0.2) is 9.78 Å². The molecular weight excluding hydrogens is 442 g/mol. The van der Waals surface area contributed by atoms with Gasteiger partial charge in [0.25, 0.3) is 0 Å². The van der Waals surface area contributed by atoms with E-state index in [2.05, 4.69) is 6.07 Å². The molecule has 5 rings (SSSR count). The van der Waals surface area contributed by atoms with Gasteiger partial charge in [0, 0.05) is 43.1 Å². The molecule has 2 saturated carbocycles. The van der Waals surface area contributed by atoms with Gasteiger partial charge in [-0.2, -0.15) is 0 Å². The van der Waals surface area contributed by atoms with Gasteiger partial charge in [0.15, 0.2) is 0 Å². The largest absolute Gasteiger partial charge is 0.444 e. The van der Waals surface area contributed by atoms with Crippen molar-refractivity contribution in [3.8, 4) is 0 Å². The Balaban J connectivity index is 1.35. The number of para-hydroxylation sites is 1. The Kier molecular flexibility index (Phi) is 6.25. The van der Waals surface area contributed by atoms with Crippen molar-refractivity contribution in [2.45, 2.75) is 64.0 Å². The number of aliphatic imine (C=N–C) groups is 1. The van der Waals surface area contributed by atoms with Gasteiger partial charge in [0.05, 0.1) is 29.0 Å². The van der Waals surface area contributed by atoms with Crippen LogP contribution in [0.25, 0.3) is 16.6 Å². The van der Waals surface area contributed by atoms with Crippen LogP contribution in [-0.2, 0) is 4.74 Å². The van der Waals surface area contributed by atoms with Crippen molar-refractivity contribution in [3.63, 3.8) is 0 Å². The van der Waals surface area contributed by atoms with Crippen molar-refractivity contribution < 1.29 is 14.6 Å². The maximum Gasteiger partial charge on any atom is 0.410 e. The summed E-state index contributed by atoms with van der Waals surface area (Å²) in [4.78, 5) is 28.5. The molecule has 0 radical (unpaired) electrons. The summed E-state index contributed by atoms with van der Waals surface area (Å²) in [5.74, 6) is 0.959. The summed E-state index contributed by atoms with van der Waals surface area (Å²) in [5.41, 5.74) is 11.2. The molecule has 1 aromatic heterocycles. The number of hydrogen-bond acceptors (Lipinski definition) is 7. The SMILES string of the molecule is CC(C)(C)OC(=O)N1CC(c2cccc3nc(C(C=NC4CC(CO)C4)=C(N)C4CC4)cnc23)C1. The maximum absolute atomic E-state index is 12.3. The number of allylic oxidation sites excluding steroid dienone is 2. The molecule has 2 aromatic rings. The Bertz CT molecular complexity index is 1170. The molecule has 3 fully saturated rings. The van der Waals surface area contributed by atoms with E-state index < -0.39 is 5.60 Å². The van der Waals surface area contributed by atoms with Gasteiger partial charge in [-0.3, -0.25) is 9.98 Å². The van der Waals surface area contributed by atoms with E-state index in [9.17, 15) is 9.90 Å². The highest BCUT2D eigenvalue weighted by atomic mass is 16.6. The summed E-state index contributed by atoms with van der Waals surface area (Å²) >= 11 is 0. The number of nitrogens with two attached hydrogens (primary N) is 1. The smallest absolute Gasteiger partial charge is 0.410 e. The number of likely N-dealkylation sites (tertiary alicyclic amines) is 1. The molecule has 8 nitrogen and oxygen atoms in total. The quantitative estimate of drug-likeness (QED) is 0.610. The van der Waals surface area contributed by atoms with Crippen LogP contribution in [0.1, 0.15) is 63.6 Å². The Labute approximate surface area is 206 Å². The van der Waals surface area contributed by atoms with Crippen molar-refractivity contribution in [2.24, 2.45) is 22.6 Å². The van der Waals surface area contributed by atoms with Crippen molar-refractivity contribution in [2.75, 3.05) is 19.7 Å². The minimum atomic E-state index is -0.500. The summed E-state index contributed by atoms with van der Waals surface area (Å²) in [6.07, 6.45) is 7.42. The first-order chi connectivity index (χ1) is 16.7. The monoisotopic (exact) mass is 477 g/mol. The van der Waals surface area contributed by atoms with Crippen LogP contribution in [0, 0.1) is 11.8 Å². The second-order valence-electron chi connectivity index (χ2n) is 11.1. The number of nitrogens with zero attached hydrogens (tertiary/aromatic N) is 4. The van der Waals surface area contributed by atoms with Gasteiger partial charge >= 0.3 is 6.09 Å². The number of amides is 1. The van der Waals surface area contributed by atoms with Crippen LogP contribution in [-0.4, -0.2) is 63.6 Å². The first-order valence-corrected chi connectivity index (χ1v) is 12.6. The minimum Gasteiger partial charge on any atom is -0.444 e. The van der Waals surface area contributed by atoms with Gasteiger partial charge < -0.3 is 20.5 Å². The van der Waals surface area contributed by atoms with Gasteiger partial charge in [-0.05, 0) is 69.9 Å². The van der Waals surface area contributed by atoms with Crippen molar-refractivity contribution in [3.05, 3.63) is 41.4 Å². The number of aliphatic hydroxyl groups is 1. The van der Waals surface area contributed by atoms with Crippen LogP contribution in [0.5, 0.6) is 0 Å². The molecule has 0 unspecified atom stereocenters. The van der Waals surface area contributed by atoms with Crippen LogP contribution in [0.4, 0.5) is 4.79 Å². The summed E-state index contributed by atoms with van der Waals surface area (Å²) < 4.78 is 5.48. The van der Waals surface area contributed by atoms with Gasteiger partial charge in [-0.1, -0.05) is 12.1 Å². The number of carbonyl (C=O) groups excluding carboxylic acids is 1. The molecule has 2 aliphatic carbocycles. The fourth-order valence-electron chi connectivity index (χ4n) is 4.73. The van der Waals surface area contributed by atoms with E-state index in [0.717, 1.165) is 59.2 Å². The average molecular weight is 478 g/mol. The lowest BCUT2D eigenvalue weighted by Gasteiger charge is -2.40. The molecule has 2 heterocycles. The molecule has 1 saturated heterocycles. The van der Waals surface area contributed by atoms with Gasteiger partial charge in [0.1, 0.15) is 5.60 Å². The van der Waals surface area contributed by atoms with E-state index in [1.165, 1.54) is 0 Å². The summed E-state index contributed by atoms with van der Waals surface area (Å²) in [7, 11) is 0. The number of aromatic nitrogens is 2. The first kappa shape index (κ1) is 23.7. The summed E-state index contributed by atoms with van der Waals surface area (Å²) in [5, 5.41) is 9.27. The molecule has 1 amide bonds. The van der Waals surface area contributed by atoms with Crippen LogP contribution in [0.2, 0.25) is 0 Å². The molecular formula is C27H35N5O3. The van der Waals surface area contributed by atoms with Crippen LogP contribution >= 0.6 is 0 Å². The fraction of sp³-hybridized carbons (Fsp3) is 0.556.